The van der Waals surface area contributed by atoms with E-state index >= 15 is 0 Å². The molecule has 0 spiro atoms. The lowest BCUT2D eigenvalue weighted by molar-refractivity contribution is 0.252. The molecule has 2 N–H and O–H groups in total. The van der Waals surface area contributed by atoms with Crippen LogP contribution in [-0.4, -0.2) is 58.3 Å². The summed E-state index contributed by atoms with van der Waals surface area (Å²) in [7, 11) is 0. The van der Waals surface area contributed by atoms with E-state index in [0.29, 0.717) is 0 Å². The largest absolute Gasteiger partial charge is 0.357 e. The molecule has 29 heavy (non-hydrogen) atoms. The van der Waals surface area contributed by atoms with Gasteiger partial charge in [0.25, 0.3) is 0 Å². The van der Waals surface area contributed by atoms with Gasteiger partial charge >= 0.3 is 0 Å². The average Bonchev–Trinajstić information content (AvgIpc) is 3.18. The number of nitrogens with one attached hydrogen (secondary N) is 2. The second kappa shape index (κ2) is 12.8. The van der Waals surface area contributed by atoms with Crippen LogP contribution in [0.3, 0.4) is 0 Å². The quantitative estimate of drug-likeness (QED) is 0.234. The highest BCUT2D eigenvalue weighted by Crippen LogP contribution is 2.18. The van der Waals surface area contributed by atoms with Gasteiger partial charge in [0.05, 0.1) is 0 Å². The molecule has 160 valence electrons. The van der Waals surface area contributed by atoms with E-state index in [1.807, 2.05) is 0 Å². The fourth-order valence-corrected chi connectivity index (χ4v) is 3.61. The Bertz CT molecular complexity index is 759. The molecular weight excluding hydrogens is 477 g/mol. The molecule has 0 amide bonds. The minimum absolute atomic E-state index is 0. The van der Waals surface area contributed by atoms with Gasteiger partial charge < -0.3 is 15.2 Å². The summed E-state index contributed by atoms with van der Waals surface area (Å²) in [5.74, 6) is 1.91. The van der Waals surface area contributed by atoms with E-state index in [0.717, 1.165) is 76.9 Å². The normalized spacial score (nSPS) is 14.2. The summed E-state index contributed by atoms with van der Waals surface area (Å²) in [6.45, 7) is 10.8. The lowest BCUT2D eigenvalue weighted by Crippen LogP contribution is -2.39. The van der Waals surface area contributed by atoms with Gasteiger partial charge in [0.1, 0.15) is 12.2 Å². The molecule has 1 aromatic heterocycles. The number of nitrogens with zero attached hydrogens (tertiary/aromatic N) is 5. The molecule has 7 nitrogen and oxygen atoms in total. The zero-order valence-electron chi connectivity index (χ0n) is 17.6. The van der Waals surface area contributed by atoms with Crippen LogP contribution < -0.4 is 10.6 Å². The molecule has 1 aliphatic rings. The molecule has 2 aromatic rings. The maximum Gasteiger partial charge on any atom is 0.191 e. The lowest BCUT2D eigenvalue weighted by atomic mass is 10.00. The maximum atomic E-state index is 4.73. The van der Waals surface area contributed by atoms with E-state index < -0.39 is 0 Å². The zero-order valence-corrected chi connectivity index (χ0v) is 19.9. The first-order valence-electron chi connectivity index (χ1n) is 10.5. The Kier molecular flexibility index (Phi) is 10.4. The van der Waals surface area contributed by atoms with E-state index in [1.165, 1.54) is 11.1 Å². The summed E-state index contributed by atoms with van der Waals surface area (Å²) in [6, 6.07) is 8.80. The number of rotatable bonds is 9. The third kappa shape index (κ3) is 7.26. The third-order valence-electron chi connectivity index (χ3n) is 5.11. The van der Waals surface area contributed by atoms with Gasteiger partial charge in [-0.15, -0.1) is 34.2 Å². The fourth-order valence-electron chi connectivity index (χ4n) is 3.61. The summed E-state index contributed by atoms with van der Waals surface area (Å²) in [5.41, 5.74) is 2.99. The van der Waals surface area contributed by atoms with Crippen molar-refractivity contribution in [1.29, 1.82) is 0 Å². The Hall–Kier alpha value is -1.68. The highest BCUT2D eigenvalue weighted by Gasteiger charge is 2.14. The van der Waals surface area contributed by atoms with Crippen LogP contribution in [0.2, 0.25) is 0 Å². The summed E-state index contributed by atoms with van der Waals surface area (Å²) < 4.78 is 2.09. The standard InChI is InChI=1S/C21H33N7.HI/c1-3-20-26-25-17-28(20)15-12-24-21(22-4-2)23-11-7-13-27-14-10-18-8-5-6-9-19(18)16-27;/h5-6,8-9,17H,3-4,7,10-16H2,1-2H3,(H2,22,23,24);1H. The monoisotopic (exact) mass is 511 g/mol. The van der Waals surface area contributed by atoms with Crippen LogP contribution in [0.25, 0.3) is 0 Å². The second-order valence-corrected chi connectivity index (χ2v) is 7.13. The Labute approximate surface area is 191 Å². The van der Waals surface area contributed by atoms with E-state index in [2.05, 4.69) is 68.4 Å². The summed E-state index contributed by atoms with van der Waals surface area (Å²) in [5, 5.41) is 14.8. The van der Waals surface area contributed by atoms with Crippen molar-refractivity contribution < 1.29 is 0 Å². The van der Waals surface area contributed by atoms with Crippen molar-refractivity contribution in [3.05, 3.63) is 47.5 Å². The molecule has 0 radical (unpaired) electrons. The van der Waals surface area contributed by atoms with Crippen LogP contribution in [0.15, 0.2) is 35.6 Å². The van der Waals surface area contributed by atoms with Crippen LogP contribution in [0.4, 0.5) is 0 Å². The fraction of sp³-hybridized carbons (Fsp3) is 0.571. The summed E-state index contributed by atoms with van der Waals surface area (Å²) in [6.07, 6.45) is 4.92. The average molecular weight is 511 g/mol. The molecule has 0 atom stereocenters. The van der Waals surface area contributed by atoms with Gasteiger partial charge in [-0.2, -0.15) is 0 Å². The van der Waals surface area contributed by atoms with Gasteiger partial charge in [-0.3, -0.25) is 9.89 Å². The third-order valence-corrected chi connectivity index (χ3v) is 5.11. The van der Waals surface area contributed by atoms with Crippen molar-refractivity contribution in [3.63, 3.8) is 0 Å². The molecule has 1 aromatic carbocycles. The predicted octanol–water partition coefficient (Wildman–Crippen LogP) is 2.46. The predicted molar refractivity (Wildman–Crippen MR) is 129 cm³/mol. The molecule has 1 aliphatic heterocycles. The van der Waals surface area contributed by atoms with E-state index in [4.69, 9.17) is 4.99 Å². The van der Waals surface area contributed by atoms with Crippen LogP contribution in [-0.2, 0) is 25.9 Å². The number of hydrogen-bond acceptors (Lipinski definition) is 4. The molecule has 0 saturated carbocycles. The van der Waals surface area contributed by atoms with Crippen molar-refractivity contribution in [3.8, 4) is 0 Å². The van der Waals surface area contributed by atoms with Crippen molar-refractivity contribution in [2.75, 3.05) is 32.7 Å². The van der Waals surface area contributed by atoms with Crippen molar-refractivity contribution in [2.24, 2.45) is 4.99 Å². The second-order valence-electron chi connectivity index (χ2n) is 7.13. The number of hydrogen-bond donors (Lipinski definition) is 2. The maximum absolute atomic E-state index is 4.73. The molecule has 0 saturated heterocycles. The van der Waals surface area contributed by atoms with E-state index in [-0.39, 0.29) is 24.0 Å². The first-order valence-corrected chi connectivity index (χ1v) is 10.5. The lowest BCUT2D eigenvalue weighted by Gasteiger charge is -2.28. The smallest absolute Gasteiger partial charge is 0.191 e. The van der Waals surface area contributed by atoms with Gasteiger partial charge in [0.15, 0.2) is 5.96 Å². The number of guanidine groups is 1. The Morgan fingerprint density at radius 2 is 1.97 bits per heavy atom. The molecule has 2 heterocycles. The Morgan fingerprint density at radius 3 is 2.76 bits per heavy atom. The van der Waals surface area contributed by atoms with Crippen LogP contribution in [0.5, 0.6) is 0 Å². The topological polar surface area (TPSA) is 70.4 Å². The molecular formula is C21H34IN7. The van der Waals surface area contributed by atoms with Crippen molar-refractivity contribution in [2.45, 2.75) is 46.2 Å². The Balaban J connectivity index is 0.00000300. The minimum Gasteiger partial charge on any atom is -0.357 e. The summed E-state index contributed by atoms with van der Waals surface area (Å²) in [4.78, 5) is 7.27. The van der Waals surface area contributed by atoms with Crippen molar-refractivity contribution >= 4 is 29.9 Å². The zero-order chi connectivity index (χ0) is 19.6. The van der Waals surface area contributed by atoms with E-state index in [1.54, 1.807) is 6.33 Å². The van der Waals surface area contributed by atoms with Crippen LogP contribution in [0.1, 0.15) is 37.2 Å². The van der Waals surface area contributed by atoms with Gasteiger partial charge in [0.2, 0.25) is 0 Å². The molecule has 0 unspecified atom stereocenters. The first kappa shape index (κ1) is 23.6. The van der Waals surface area contributed by atoms with Crippen LogP contribution in [0, 0.1) is 0 Å². The highest BCUT2D eigenvalue weighted by molar-refractivity contribution is 14.0. The number of aromatic nitrogens is 3. The van der Waals surface area contributed by atoms with Gasteiger partial charge in [0, 0.05) is 52.2 Å². The SMILES string of the molecule is CCNC(=NCCCN1CCc2ccccc2C1)NCCn1cnnc1CC.I. The Morgan fingerprint density at radius 1 is 1.14 bits per heavy atom. The number of aliphatic imine (C=N–C) groups is 1. The van der Waals surface area contributed by atoms with E-state index in [9.17, 15) is 0 Å². The number of halogens is 1. The van der Waals surface area contributed by atoms with Crippen LogP contribution >= 0.6 is 24.0 Å². The molecule has 0 fully saturated rings. The van der Waals surface area contributed by atoms with Gasteiger partial charge in [-0.25, -0.2) is 0 Å². The number of benzene rings is 1. The number of aryl methyl sites for hydroxylation is 1. The minimum atomic E-state index is 0. The van der Waals surface area contributed by atoms with Gasteiger partial charge in [-0.1, -0.05) is 31.2 Å². The molecule has 0 aliphatic carbocycles. The molecule has 0 bridgehead atoms. The van der Waals surface area contributed by atoms with Crippen molar-refractivity contribution in [1.82, 2.24) is 30.3 Å². The molecule has 3 rings (SSSR count). The highest BCUT2D eigenvalue weighted by atomic mass is 127. The summed E-state index contributed by atoms with van der Waals surface area (Å²) >= 11 is 0. The van der Waals surface area contributed by atoms with Gasteiger partial charge in [-0.05, 0) is 30.9 Å². The number of fused-ring (bicyclic) bond motifs is 1. The molecule has 8 heteroatoms. The first-order chi connectivity index (χ1) is 13.8.